The van der Waals surface area contributed by atoms with Crippen molar-refractivity contribution in [2.24, 2.45) is 0 Å². The number of thiophene rings is 1. The first kappa shape index (κ1) is 14.2. The number of rotatable bonds is 5. The van der Waals surface area contributed by atoms with Gasteiger partial charge in [-0.3, -0.25) is 9.69 Å². The molecule has 1 aliphatic rings. The maximum absolute atomic E-state index is 12.2. The van der Waals surface area contributed by atoms with E-state index in [0.29, 0.717) is 12.6 Å². The van der Waals surface area contributed by atoms with Crippen LogP contribution in [0.5, 0.6) is 0 Å². The number of halogens is 1. The Morgan fingerprint density at radius 3 is 2.78 bits per heavy atom. The first-order chi connectivity index (χ1) is 8.70. The molecule has 1 N–H and O–H groups in total. The first-order valence-corrected chi connectivity index (χ1v) is 8.05. The van der Waals surface area contributed by atoms with E-state index in [1.54, 1.807) is 0 Å². The lowest BCUT2D eigenvalue weighted by atomic mass is 10.0. The van der Waals surface area contributed by atoms with Gasteiger partial charge >= 0.3 is 0 Å². The van der Waals surface area contributed by atoms with Gasteiger partial charge in [0, 0.05) is 6.04 Å². The van der Waals surface area contributed by atoms with Crippen LogP contribution in [-0.2, 0) is 0 Å². The molecule has 18 heavy (non-hydrogen) atoms. The second kappa shape index (κ2) is 6.80. The fourth-order valence-corrected chi connectivity index (χ4v) is 3.71. The Balaban J connectivity index is 1.95. The van der Waals surface area contributed by atoms with Crippen LogP contribution in [0.1, 0.15) is 29.4 Å². The number of nitrogens with one attached hydrogen (secondary N) is 1. The van der Waals surface area contributed by atoms with E-state index in [2.05, 4.69) is 33.1 Å². The Hall–Kier alpha value is -0.230. The Kier molecular flexibility index (Phi) is 5.36. The van der Waals surface area contributed by atoms with Crippen molar-refractivity contribution >= 4 is 33.0 Å². The third-order valence-electron chi connectivity index (χ3n) is 3.43. The van der Waals surface area contributed by atoms with Gasteiger partial charge in [0.05, 0.1) is 15.2 Å². The quantitative estimate of drug-likeness (QED) is 0.842. The van der Waals surface area contributed by atoms with Gasteiger partial charge in [0.25, 0.3) is 0 Å². The predicted molar refractivity (Wildman–Crippen MR) is 79.5 cm³/mol. The minimum Gasteiger partial charge on any atom is -0.317 e. The van der Waals surface area contributed by atoms with Crippen molar-refractivity contribution < 1.29 is 4.79 Å². The molecule has 2 rings (SSSR count). The molecule has 1 aromatic heterocycles. The maximum atomic E-state index is 12.2. The fraction of sp³-hybridized carbons (Fsp3) is 0.615. The summed E-state index contributed by atoms with van der Waals surface area (Å²) in [5.41, 5.74) is 0. The predicted octanol–water partition coefficient (Wildman–Crippen LogP) is 2.77. The molecule has 1 aliphatic heterocycles. The van der Waals surface area contributed by atoms with Gasteiger partial charge in [-0.2, -0.15) is 0 Å². The highest BCUT2D eigenvalue weighted by molar-refractivity contribution is 9.11. The number of carbonyl (C=O) groups is 1. The fourth-order valence-electron chi connectivity index (χ4n) is 2.40. The van der Waals surface area contributed by atoms with Gasteiger partial charge in [-0.05, 0) is 60.5 Å². The van der Waals surface area contributed by atoms with Crippen molar-refractivity contribution in [3.63, 3.8) is 0 Å². The molecule has 1 saturated heterocycles. The summed E-state index contributed by atoms with van der Waals surface area (Å²) >= 11 is 4.93. The van der Waals surface area contributed by atoms with Crippen molar-refractivity contribution in [2.75, 3.05) is 26.2 Å². The molecule has 100 valence electrons. The van der Waals surface area contributed by atoms with Crippen molar-refractivity contribution in [3.05, 3.63) is 20.8 Å². The van der Waals surface area contributed by atoms with Crippen LogP contribution in [0.15, 0.2) is 15.9 Å². The summed E-state index contributed by atoms with van der Waals surface area (Å²) in [6.45, 7) is 5.77. The van der Waals surface area contributed by atoms with E-state index in [9.17, 15) is 4.79 Å². The van der Waals surface area contributed by atoms with Gasteiger partial charge in [-0.25, -0.2) is 0 Å². The number of likely N-dealkylation sites (N-methyl/N-ethyl adjacent to an activating group) is 1. The van der Waals surface area contributed by atoms with Crippen molar-refractivity contribution in [3.8, 4) is 0 Å². The van der Waals surface area contributed by atoms with Crippen LogP contribution in [0, 0.1) is 0 Å². The van der Waals surface area contributed by atoms with Crippen LogP contribution in [0.2, 0.25) is 0 Å². The number of hydrogen-bond donors (Lipinski definition) is 1. The Bertz CT molecular complexity index is 401. The van der Waals surface area contributed by atoms with Crippen LogP contribution in [0.25, 0.3) is 0 Å². The third-order valence-corrected chi connectivity index (χ3v) is 5.09. The van der Waals surface area contributed by atoms with Crippen molar-refractivity contribution in [2.45, 2.75) is 25.8 Å². The molecule has 0 radical (unpaired) electrons. The molecule has 0 unspecified atom stereocenters. The summed E-state index contributed by atoms with van der Waals surface area (Å²) in [6.07, 6.45) is 2.30. The molecule has 5 heteroatoms. The van der Waals surface area contributed by atoms with Crippen molar-refractivity contribution in [1.82, 2.24) is 10.2 Å². The molecule has 0 atom stereocenters. The molecule has 0 aliphatic carbocycles. The Morgan fingerprint density at radius 2 is 2.22 bits per heavy atom. The van der Waals surface area contributed by atoms with Crippen LogP contribution in [0.3, 0.4) is 0 Å². The largest absolute Gasteiger partial charge is 0.317 e. The van der Waals surface area contributed by atoms with Crippen LogP contribution in [-0.4, -0.2) is 42.9 Å². The van der Waals surface area contributed by atoms with Gasteiger partial charge in [0.2, 0.25) is 0 Å². The summed E-state index contributed by atoms with van der Waals surface area (Å²) in [5, 5.41) is 3.37. The summed E-state index contributed by atoms with van der Waals surface area (Å²) < 4.78 is 1.02. The van der Waals surface area contributed by atoms with E-state index in [-0.39, 0.29) is 5.78 Å². The Morgan fingerprint density at radius 1 is 1.50 bits per heavy atom. The average Bonchev–Trinajstić information content (AvgIpc) is 2.83. The standard InChI is InChI=1S/C13H19BrN2OS/c1-2-16(10-5-7-15-8-6-10)9-11(17)12-3-4-13(14)18-12/h3-4,10,15H,2,5-9H2,1H3. The van der Waals surface area contributed by atoms with E-state index < -0.39 is 0 Å². The SMILES string of the molecule is CCN(CC(=O)c1ccc(Br)s1)C1CCNCC1. The maximum Gasteiger partial charge on any atom is 0.186 e. The molecule has 0 aromatic carbocycles. The summed E-state index contributed by atoms with van der Waals surface area (Å²) in [4.78, 5) is 15.4. The topological polar surface area (TPSA) is 32.3 Å². The van der Waals surface area contributed by atoms with E-state index in [1.165, 1.54) is 11.3 Å². The molecule has 3 nitrogen and oxygen atoms in total. The van der Waals surface area contributed by atoms with Gasteiger partial charge in [-0.1, -0.05) is 6.92 Å². The van der Waals surface area contributed by atoms with Gasteiger partial charge < -0.3 is 5.32 Å². The van der Waals surface area contributed by atoms with Gasteiger partial charge in [0.15, 0.2) is 5.78 Å². The molecule has 2 heterocycles. The number of carbonyl (C=O) groups excluding carboxylic acids is 1. The third kappa shape index (κ3) is 3.63. The molecule has 0 bridgehead atoms. The first-order valence-electron chi connectivity index (χ1n) is 6.44. The zero-order valence-corrected chi connectivity index (χ0v) is 13.0. The van der Waals surface area contributed by atoms with Gasteiger partial charge in [-0.15, -0.1) is 11.3 Å². The van der Waals surface area contributed by atoms with E-state index in [4.69, 9.17) is 0 Å². The molecular weight excluding hydrogens is 312 g/mol. The normalized spacial score (nSPS) is 17.3. The average molecular weight is 331 g/mol. The van der Waals surface area contributed by atoms with E-state index >= 15 is 0 Å². The summed E-state index contributed by atoms with van der Waals surface area (Å²) in [6, 6.07) is 4.41. The highest BCUT2D eigenvalue weighted by atomic mass is 79.9. The van der Waals surface area contributed by atoms with Crippen LogP contribution >= 0.6 is 27.3 Å². The summed E-state index contributed by atoms with van der Waals surface area (Å²) in [7, 11) is 0. The number of hydrogen-bond acceptors (Lipinski definition) is 4. The minimum absolute atomic E-state index is 0.242. The molecule has 1 fully saturated rings. The second-order valence-corrected chi connectivity index (χ2v) is 7.03. The number of Topliss-reactive ketones (excluding diaryl/α,β-unsaturated/α-hetero) is 1. The number of ketones is 1. The number of nitrogens with zero attached hydrogens (tertiary/aromatic N) is 1. The zero-order chi connectivity index (χ0) is 13.0. The zero-order valence-electron chi connectivity index (χ0n) is 10.6. The second-order valence-electron chi connectivity index (χ2n) is 4.57. The van der Waals surface area contributed by atoms with E-state index in [1.807, 2.05) is 12.1 Å². The van der Waals surface area contributed by atoms with Crippen molar-refractivity contribution in [1.29, 1.82) is 0 Å². The molecular formula is C13H19BrN2OS. The lowest BCUT2D eigenvalue weighted by molar-refractivity contribution is 0.0878. The summed E-state index contributed by atoms with van der Waals surface area (Å²) in [5.74, 6) is 0.242. The van der Waals surface area contributed by atoms with Gasteiger partial charge in [0.1, 0.15) is 0 Å². The smallest absolute Gasteiger partial charge is 0.186 e. The van der Waals surface area contributed by atoms with Crippen LogP contribution in [0.4, 0.5) is 0 Å². The molecule has 0 saturated carbocycles. The Labute approximate surface area is 121 Å². The molecule has 1 aromatic rings. The molecule has 0 amide bonds. The van der Waals surface area contributed by atoms with Crippen LogP contribution < -0.4 is 5.32 Å². The number of piperidine rings is 1. The lowest BCUT2D eigenvalue weighted by Crippen LogP contribution is -2.45. The monoisotopic (exact) mass is 330 g/mol. The molecule has 0 spiro atoms. The minimum atomic E-state index is 0.242. The van der Waals surface area contributed by atoms with E-state index in [0.717, 1.165) is 41.1 Å². The highest BCUT2D eigenvalue weighted by Gasteiger charge is 2.22. The highest BCUT2D eigenvalue weighted by Crippen LogP contribution is 2.23. The lowest BCUT2D eigenvalue weighted by Gasteiger charge is -2.33.